The van der Waals surface area contributed by atoms with Crippen LogP contribution < -0.4 is 5.30 Å². The van der Waals surface area contributed by atoms with Crippen molar-refractivity contribution >= 4 is 12.9 Å². The number of hydrogen-bond donors (Lipinski definition) is 0. The highest BCUT2D eigenvalue weighted by atomic mass is 31.2. The molecular formula is C16H25O3P. The first-order chi connectivity index (χ1) is 9.42. The highest BCUT2D eigenvalue weighted by Gasteiger charge is 2.39. The molecule has 3 nitrogen and oxygen atoms in total. The summed E-state index contributed by atoms with van der Waals surface area (Å²) in [5.41, 5.74) is 0. The van der Waals surface area contributed by atoms with Crippen LogP contribution in [0.25, 0.3) is 0 Å². The molecule has 0 N–H and O–H groups in total. The molecule has 0 amide bonds. The maximum atomic E-state index is 13.2. The van der Waals surface area contributed by atoms with E-state index in [-0.39, 0.29) is 12.2 Å². The molecule has 1 fully saturated rings. The zero-order valence-corrected chi connectivity index (χ0v) is 13.7. The Morgan fingerprint density at radius 1 is 0.950 bits per heavy atom. The summed E-state index contributed by atoms with van der Waals surface area (Å²) < 4.78 is 25.2. The largest absolute Gasteiger partial charge is 0.361 e. The Morgan fingerprint density at radius 3 is 1.80 bits per heavy atom. The van der Waals surface area contributed by atoms with E-state index >= 15 is 0 Å². The lowest BCUT2D eigenvalue weighted by Gasteiger charge is -2.25. The molecule has 0 aromatic heterocycles. The maximum Gasteiger partial charge on any atom is 0.361 e. The molecule has 0 spiro atoms. The fourth-order valence-corrected chi connectivity index (χ4v) is 4.70. The second-order valence-electron chi connectivity index (χ2n) is 6.19. The summed E-state index contributed by atoms with van der Waals surface area (Å²) in [6.45, 7) is 8.43. The van der Waals surface area contributed by atoms with Crippen LogP contribution in [0.2, 0.25) is 0 Å². The molecule has 2 rings (SSSR count). The van der Waals surface area contributed by atoms with Gasteiger partial charge < -0.3 is 9.05 Å². The van der Waals surface area contributed by atoms with Gasteiger partial charge in [-0.05, 0) is 36.8 Å². The summed E-state index contributed by atoms with van der Waals surface area (Å²) in [7, 11) is -3.23. The van der Waals surface area contributed by atoms with Gasteiger partial charge in [0, 0.05) is 0 Å². The van der Waals surface area contributed by atoms with E-state index in [1.54, 1.807) is 0 Å². The third kappa shape index (κ3) is 3.52. The van der Waals surface area contributed by atoms with E-state index in [1.807, 2.05) is 30.3 Å². The van der Waals surface area contributed by atoms with Gasteiger partial charge in [-0.1, -0.05) is 45.9 Å². The first kappa shape index (κ1) is 15.8. The molecule has 0 unspecified atom stereocenters. The average Bonchev–Trinajstić information content (AvgIpc) is 2.60. The molecule has 0 radical (unpaired) electrons. The molecule has 1 heterocycles. The second kappa shape index (κ2) is 6.43. The van der Waals surface area contributed by atoms with Crippen LogP contribution in [0.15, 0.2) is 30.3 Å². The first-order valence-electron chi connectivity index (χ1n) is 7.45. The Labute approximate surface area is 122 Å². The molecule has 0 bridgehead atoms. The fourth-order valence-electron chi connectivity index (χ4n) is 2.46. The average molecular weight is 296 g/mol. The Bertz CT molecular complexity index is 448. The van der Waals surface area contributed by atoms with Crippen molar-refractivity contribution in [3.8, 4) is 0 Å². The van der Waals surface area contributed by atoms with Crippen molar-refractivity contribution in [1.29, 1.82) is 0 Å². The van der Waals surface area contributed by atoms with E-state index < -0.39 is 7.60 Å². The van der Waals surface area contributed by atoms with Gasteiger partial charge in [0.2, 0.25) is 0 Å². The van der Waals surface area contributed by atoms with Crippen LogP contribution in [0.4, 0.5) is 0 Å². The molecule has 0 aliphatic carbocycles. The van der Waals surface area contributed by atoms with Crippen molar-refractivity contribution in [3.63, 3.8) is 0 Å². The van der Waals surface area contributed by atoms with Crippen molar-refractivity contribution in [3.05, 3.63) is 30.3 Å². The molecule has 0 saturated carbocycles. The molecule has 112 valence electrons. The van der Waals surface area contributed by atoms with Gasteiger partial charge in [0.1, 0.15) is 0 Å². The summed E-state index contributed by atoms with van der Waals surface area (Å²) in [4.78, 5) is 0. The second-order valence-corrected chi connectivity index (χ2v) is 8.12. The van der Waals surface area contributed by atoms with Crippen LogP contribution in [-0.4, -0.2) is 12.2 Å². The minimum absolute atomic E-state index is 0.00945. The number of benzene rings is 1. The van der Waals surface area contributed by atoms with Gasteiger partial charge in [-0.25, -0.2) is 0 Å². The topological polar surface area (TPSA) is 35.5 Å². The Morgan fingerprint density at radius 2 is 1.40 bits per heavy atom. The van der Waals surface area contributed by atoms with E-state index in [0.717, 1.165) is 12.8 Å². The monoisotopic (exact) mass is 296 g/mol. The highest BCUT2D eigenvalue weighted by Crippen LogP contribution is 2.53. The van der Waals surface area contributed by atoms with Gasteiger partial charge in [0.05, 0.1) is 17.5 Å². The summed E-state index contributed by atoms with van der Waals surface area (Å²) >= 11 is 0. The molecule has 1 aromatic rings. The Hall–Kier alpha value is -0.630. The van der Waals surface area contributed by atoms with Crippen LogP contribution in [0, 0.1) is 11.8 Å². The van der Waals surface area contributed by atoms with Crippen LogP contribution >= 0.6 is 7.60 Å². The quantitative estimate of drug-likeness (QED) is 0.776. The molecule has 1 saturated heterocycles. The van der Waals surface area contributed by atoms with Gasteiger partial charge in [-0.3, -0.25) is 4.57 Å². The van der Waals surface area contributed by atoms with E-state index in [2.05, 4.69) is 27.7 Å². The van der Waals surface area contributed by atoms with Gasteiger partial charge in [-0.2, -0.15) is 0 Å². The van der Waals surface area contributed by atoms with E-state index in [4.69, 9.17) is 9.05 Å². The maximum absolute atomic E-state index is 13.2. The smallest absolute Gasteiger partial charge is 0.302 e. The molecule has 4 heteroatoms. The predicted octanol–water partition coefficient (Wildman–Crippen LogP) is 4.38. The Kier molecular flexibility index (Phi) is 5.06. The zero-order valence-electron chi connectivity index (χ0n) is 12.8. The lowest BCUT2D eigenvalue weighted by atomic mass is 9.96. The lowest BCUT2D eigenvalue weighted by molar-refractivity contribution is 0.121. The van der Waals surface area contributed by atoms with Crippen molar-refractivity contribution < 1.29 is 13.6 Å². The van der Waals surface area contributed by atoms with E-state index in [9.17, 15) is 4.57 Å². The third-order valence-electron chi connectivity index (χ3n) is 3.84. The fraction of sp³-hybridized carbons (Fsp3) is 0.625. The van der Waals surface area contributed by atoms with Crippen molar-refractivity contribution in [1.82, 2.24) is 0 Å². The number of hydrogen-bond acceptors (Lipinski definition) is 3. The third-order valence-corrected chi connectivity index (χ3v) is 5.87. The molecular weight excluding hydrogens is 271 g/mol. The number of rotatable bonds is 3. The summed E-state index contributed by atoms with van der Waals surface area (Å²) in [6, 6.07) is 9.33. The van der Waals surface area contributed by atoms with Gasteiger partial charge in [0.15, 0.2) is 0 Å². The normalized spacial score (nSPS) is 26.7. The summed E-state index contributed by atoms with van der Waals surface area (Å²) in [5.74, 6) is 0.670. The molecule has 20 heavy (non-hydrogen) atoms. The molecule has 1 aliphatic heterocycles. The van der Waals surface area contributed by atoms with Crippen LogP contribution in [0.1, 0.15) is 40.5 Å². The highest BCUT2D eigenvalue weighted by molar-refractivity contribution is 7.62. The first-order valence-corrected chi connectivity index (χ1v) is 8.99. The van der Waals surface area contributed by atoms with Gasteiger partial charge in [0.25, 0.3) is 0 Å². The molecule has 2 atom stereocenters. The minimum Gasteiger partial charge on any atom is -0.302 e. The van der Waals surface area contributed by atoms with Crippen molar-refractivity contribution in [2.24, 2.45) is 11.8 Å². The van der Waals surface area contributed by atoms with Crippen molar-refractivity contribution in [2.45, 2.75) is 52.7 Å². The minimum atomic E-state index is -3.23. The molecule has 1 aromatic carbocycles. The SMILES string of the molecule is CC(C)[C@H]1CC[C@H](C(C)C)OP(=O)(c2ccccc2)O1. The van der Waals surface area contributed by atoms with Crippen molar-refractivity contribution in [2.75, 3.05) is 0 Å². The van der Waals surface area contributed by atoms with E-state index in [1.165, 1.54) is 0 Å². The summed E-state index contributed by atoms with van der Waals surface area (Å²) in [5, 5.41) is 0.665. The van der Waals surface area contributed by atoms with Crippen LogP contribution in [0.3, 0.4) is 0 Å². The summed E-state index contributed by atoms with van der Waals surface area (Å²) in [6.07, 6.45) is 1.78. The Balaban J connectivity index is 2.34. The molecule has 1 aliphatic rings. The van der Waals surface area contributed by atoms with Gasteiger partial charge >= 0.3 is 7.60 Å². The predicted molar refractivity (Wildman–Crippen MR) is 82.3 cm³/mol. The van der Waals surface area contributed by atoms with E-state index in [0.29, 0.717) is 17.1 Å². The van der Waals surface area contributed by atoms with Crippen LogP contribution in [0.5, 0.6) is 0 Å². The zero-order chi connectivity index (χ0) is 14.8. The van der Waals surface area contributed by atoms with Crippen LogP contribution in [-0.2, 0) is 13.6 Å². The lowest BCUT2D eigenvalue weighted by Crippen LogP contribution is -2.20. The standard InChI is InChI=1S/C16H25O3P/c1-12(2)15-10-11-16(13(3)4)19-20(17,18-15)14-8-6-5-7-9-14/h5-9,12-13,15-16H,10-11H2,1-4H3/t15-,16-/m1/s1. The van der Waals surface area contributed by atoms with Gasteiger partial charge in [-0.15, -0.1) is 0 Å².